The van der Waals surface area contributed by atoms with Crippen LogP contribution in [0.3, 0.4) is 0 Å². The first-order chi connectivity index (χ1) is 7.68. The Kier molecular flexibility index (Phi) is 3.24. The predicted octanol–water partition coefficient (Wildman–Crippen LogP) is 0.843. The summed E-state index contributed by atoms with van der Waals surface area (Å²) in [5.41, 5.74) is 0. The third-order valence-corrected chi connectivity index (χ3v) is 2.63. The SMILES string of the molecule is CC(C)c1ncc(C(=O)N2CCNCC2)o1. The predicted molar refractivity (Wildman–Crippen MR) is 59.4 cm³/mol. The maximum atomic E-state index is 12.0. The largest absolute Gasteiger partial charge is 0.435 e. The molecule has 2 rings (SSSR count). The zero-order chi connectivity index (χ0) is 11.5. The minimum Gasteiger partial charge on any atom is -0.435 e. The number of nitrogens with zero attached hydrogens (tertiary/aromatic N) is 2. The topological polar surface area (TPSA) is 58.4 Å². The third-order valence-electron chi connectivity index (χ3n) is 2.63. The van der Waals surface area contributed by atoms with Crippen LogP contribution in [-0.4, -0.2) is 42.0 Å². The van der Waals surface area contributed by atoms with E-state index < -0.39 is 0 Å². The Morgan fingerprint density at radius 1 is 1.50 bits per heavy atom. The van der Waals surface area contributed by atoms with Gasteiger partial charge >= 0.3 is 0 Å². The molecule has 0 saturated carbocycles. The van der Waals surface area contributed by atoms with Crippen molar-refractivity contribution in [3.8, 4) is 0 Å². The molecular formula is C11H17N3O2. The highest BCUT2D eigenvalue weighted by Crippen LogP contribution is 2.15. The van der Waals surface area contributed by atoms with Gasteiger partial charge in [-0.05, 0) is 0 Å². The van der Waals surface area contributed by atoms with Crippen LogP contribution in [0.5, 0.6) is 0 Å². The molecule has 1 N–H and O–H groups in total. The molecule has 0 bridgehead atoms. The highest BCUT2D eigenvalue weighted by Gasteiger charge is 2.21. The molecule has 1 fully saturated rings. The highest BCUT2D eigenvalue weighted by molar-refractivity contribution is 5.91. The molecule has 1 amide bonds. The van der Waals surface area contributed by atoms with Crippen molar-refractivity contribution in [3.05, 3.63) is 17.8 Å². The second-order valence-electron chi connectivity index (χ2n) is 4.26. The van der Waals surface area contributed by atoms with Gasteiger partial charge in [0.05, 0.1) is 6.20 Å². The molecule has 2 heterocycles. The molecule has 0 unspecified atom stereocenters. The number of hydrogen-bond acceptors (Lipinski definition) is 4. The summed E-state index contributed by atoms with van der Waals surface area (Å²) in [6.07, 6.45) is 1.53. The van der Waals surface area contributed by atoms with Crippen LogP contribution in [0.15, 0.2) is 10.6 Å². The number of piperazine rings is 1. The maximum Gasteiger partial charge on any atom is 0.291 e. The summed E-state index contributed by atoms with van der Waals surface area (Å²) in [6.45, 7) is 7.14. The van der Waals surface area contributed by atoms with E-state index in [1.165, 1.54) is 6.20 Å². The first kappa shape index (κ1) is 11.1. The van der Waals surface area contributed by atoms with Gasteiger partial charge in [0.2, 0.25) is 5.76 Å². The number of rotatable bonds is 2. The van der Waals surface area contributed by atoms with Crippen molar-refractivity contribution in [1.29, 1.82) is 0 Å². The van der Waals surface area contributed by atoms with Gasteiger partial charge in [0, 0.05) is 32.1 Å². The lowest BCUT2D eigenvalue weighted by atomic mass is 10.2. The molecule has 0 aliphatic carbocycles. The van der Waals surface area contributed by atoms with E-state index in [9.17, 15) is 4.79 Å². The number of hydrogen-bond donors (Lipinski definition) is 1. The Bertz CT molecular complexity index is 367. The van der Waals surface area contributed by atoms with E-state index in [4.69, 9.17) is 4.42 Å². The summed E-state index contributed by atoms with van der Waals surface area (Å²) < 4.78 is 5.44. The van der Waals surface area contributed by atoms with E-state index in [0.717, 1.165) is 26.2 Å². The molecule has 0 spiro atoms. The number of amides is 1. The van der Waals surface area contributed by atoms with E-state index in [2.05, 4.69) is 10.3 Å². The molecule has 1 aromatic heterocycles. The second kappa shape index (κ2) is 4.65. The van der Waals surface area contributed by atoms with Crippen LogP contribution in [0, 0.1) is 0 Å². The van der Waals surface area contributed by atoms with E-state index in [1.54, 1.807) is 4.90 Å². The Morgan fingerprint density at radius 3 is 2.75 bits per heavy atom. The smallest absolute Gasteiger partial charge is 0.291 e. The van der Waals surface area contributed by atoms with Crippen molar-refractivity contribution < 1.29 is 9.21 Å². The van der Waals surface area contributed by atoms with E-state index in [0.29, 0.717) is 11.7 Å². The Labute approximate surface area is 94.8 Å². The van der Waals surface area contributed by atoms with Crippen molar-refractivity contribution in [2.75, 3.05) is 26.2 Å². The summed E-state index contributed by atoms with van der Waals surface area (Å²) in [5.74, 6) is 1.13. The Balaban J connectivity index is 2.07. The summed E-state index contributed by atoms with van der Waals surface area (Å²) in [7, 11) is 0. The molecule has 16 heavy (non-hydrogen) atoms. The van der Waals surface area contributed by atoms with Gasteiger partial charge in [-0.2, -0.15) is 0 Å². The summed E-state index contributed by atoms with van der Waals surface area (Å²) in [4.78, 5) is 17.9. The lowest BCUT2D eigenvalue weighted by Crippen LogP contribution is -2.46. The maximum absolute atomic E-state index is 12.0. The zero-order valence-corrected chi connectivity index (χ0v) is 9.69. The molecule has 5 nitrogen and oxygen atoms in total. The fourth-order valence-electron chi connectivity index (χ4n) is 1.68. The van der Waals surface area contributed by atoms with Crippen LogP contribution >= 0.6 is 0 Å². The van der Waals surface area contributed by atoms with Crippen LogP contribution in [0.2, 0.25) is 0 Å². The van der Waals surface area contributed by atoms with Gasteiger partial charge in [-0.15, -0.1) is 0 Å². The minimum atomic E-state index is -0.0547. The second-order valence-corrected chi connectivity index (χ2v) is 4.26. The van der Waals surface area contributed by atoms with Crippen molar-refractivity contribution in [1.82, 2.24) is 15.2 Å². The normalized spacial score (nSPS) is 16.8. The number of carbonyl (C=O) groups excluding carboxylic acids is 1. The van der Waals surface area contributed by atoms with Gasteiger partial charge in [0.1, 0.15) is 0 Å². The molecule has 1 aliphatic heterocycles. The van der Waals surface area contributed by atoms with Crippen LogP contribution in [-0.2, 0) is 0 Å². The summed E-state index contributed by atoms with van der Waals surface area (Å²) in [5, 5.41) is 3.20. The zero-order valence-electron chi connectivity index (χ0n) is 9.69. The van der Waals surface area contributed by atoms with Crippen molar-refractivity contribution in [2.24, 2.45) is 0 Å². The number of aromatic nitrogens is 1. The van der Waals surface area contributed by atoms with Gasteiger partial charge in [0.25, 0.3) is 5.91 Å². The lowest BCUT2D eigenvalue weighted by molar-refractivity contribution is 0.0701. The summed E-state index contributed by atoms with van der Waals surface area (Å²) >= 11 is 0. The number of oxazole rings is 1. The monoisotopic (exact) mass is 223 g/mol. The standard InChI is InChI=1S/C11H17N3O2/c1-8(2)10-13-7-9(16-10)11(15)14-5-3-12-4-6-14/h7-8,12H,3-6H2,1-2H3. The van der Waals surface area contributed by atoms with E-state index >= 15 is 0 Å². The van der Waals surface area contributed by atoms with Crippen molar-refractivity contribution in [3.63, 3.8) is 0 Å². The molecule has 0 aromatic carbocycles. The molecule has 0 atom stereocenters. The molecule has 1 saturated heterocycles. The number of carbonyl (C=O) groups is 1. The van der Waals surface area contributed by atoms with Crippen LogP contribution < -0.4 is 5.32 Å². The van der Waals surface area contributed by atoms with Gasteiger partial charge in [0.15, 0.2) is 5.89 Å². The Hall–Kier alpha value is -1.36. The van der Waals surface area contributed by atoms with Crippen molar-refractivity contribution in [2.45, 2.75) is 19.8 Å². The average molecular weight is 223 g/mol. The fourth-order valence-corrected chi connectivity index (χ4v) is 1.68. The lowest BCUT2D eigenvalue weighted by Gasteiger charge is -2.26. The average Bonchev–Trinajstić information content (AvgIpc) is 2.78. The van der Waals surface area contributed by atoms with Gasteiger partial charge in [-0.25, -0.2) is 4.98 Å². The molecular weight excluding hydrogens is 206 g/mol. The first-order valence-electron chi connectivity index (χ1n) is 5.64. The Morgan fingerprint density at radius 2 is 2.19 bits per heavy atom. The quantitative estimate of drug-likeness (QED) is 0.807. The van der Waals surface area contributed by atoms with Crippen LogP contribution in [0.4, 0.5) is 0 Å². The van der Waals surface area contributed by atoms with Crippen molar-refractivity contribution >= 4 is 5.91 Å². The molecule has 0 radical (unpaired) electrons. The van der Waals surface area contributed by atoms with E-state index in [1.807, 2.05) is 13.8 Å². The molecule has 5 heteroatoms. The molecule has 1 aromatic rings. The number of nitrogens with one attached hydrogen (secondary N) is 1. The van der Waals surface area contributed by atoms with Gasteiger partial charge in [-0.3, -0.25) is 4.79 Å². The minimum absolute atomic E-state index is 0.0547. The van der Waals surface area contributed by atoms with Gasteiger partial charge < -0.3 is 14.6 Å². The summed E-state index contributed by atoms with van der Waals surface area (Å²) in [6, 6.07) is 0. The van der Waals surface area contributed by atoms with Crippen LogP contribution in [0.1, 0.15) is 36.2 Å². The van der Waals surface area contributed by atoms with Gasteiger partial charge in [-0.1, -0.05) is 13.8 Å². The fraction of sp³-hybridized carbons (Fsp3) is 0.636. The third kappa shape index (κ3) is 2.24. The molecule has 1 aliphatic rings. The molecule has 88 valence electrons. The first-order valence-corrected chi connectivity index (χ1v) is 5.64. The van der Waals surface area contributed by atoms with Crippen LogP contribution in [0.25, 0.3) is 0 Å². The highest BCUT2D eigenvalue weighted by atomic mass is 16.4. The van der Waals surface area contributed by atoms with E-state index in [-0.39, 0.29) is 11.8 Å².